The third-order valence-electron chi connectivity index (χ3n) is 2.82. The highest BCUT2D eigenvalue weighted by atomic mass is 19.3. The third kappa shape index (κ3) is 1.06. The molecule has 2 aliphatic rings. The Kier molecular flexibility index (Phi) is 1.09. The number of alkyl halides is 2. The monoisotopic (exact) mass is 161 g/mol. The Morgan fingerprint density at radius 1 is 1.09 bits per heavy atom. The largest absolute Gasteiger partial charge is 0.325 e. The molecule has 0 aromatic heterocycles. The molecule has 2 aliphatic carbocycles. The van der Waals surface area contributed by atoms with Crippen LogP contribution in [0.25, 0.3) is 0 Å². The predicted octanol–water partition coefficient (Wildman–Crippen LogP) is 1.91. The molecule has 64 valence electrons. The van der Waals surface area contributed by atoms with Gasteiger partial charge in [0.25, 0.3) is 0 Å². The summed E-state index contributed by atoms with van der Waals surface area (Å²) in [6.45, 7) is 1.94. The van der Waals surface area contributed by atoms with E-state index < -0.39 is 5.92 Å². The number of hydrogen-bond donors (Lipinski definition) is 1. The molecule has 11 heavy (non-hydrogen) atoms. The van der Waals surface area contributed by atoms with Crippen molar-refractivity contribution in [1.29, 1.82) is 0 Å². The van der Waals surface area contributed by atoms with Crippen molar-refractivity contribution >= 4 is 0 Å². The highest BCUT2D eigenvalue weighted by molar-refractivity contribution is 5.13. The first kappa shape index (κ1) is 7.47. The number of halogens is 2. The Morgan fingerprint density at radius 3 is 1.82 bits per heavy atom. The van der Waals surface area contributed by atoms with Gasteiger partial charge in [-0.15, -0.1) is 0 Å². The molecular formula is C8H13F2N. The fourth-order valence-electron chi connectivity index (χ4n) is 2.96. The standard InChI is InChI=1S/C8H13F2N/c1-6(11)2-7(3-6)4-8(9,10)5-7/h2-5,11H2,1H3. The second kappa shape index (κ2) is 1.60. The van der Waals surface area contributed by atoms with Crippen molar-refractivity contribution < 1.29 is 8.78 Å². The summed E-state index contributed by atoms with van der Waals surface area (Å²) < 4.78 is 24.9. The van der Waals surface area contributed by atoms with Crippen LogP contribution >= 0.6 is 0 Å². The second-order valence-electron chi connectivity index (χ2n) is 4.72. The molecule has 0 aromatic rings. The zero-order valence-corrected chi connectivity index (χ0v) is 6.66. The lowest BCUT2D eigenvalue weighted by molar-refractivity contribution is -0.208. The van der Waals surface area contributed by atoms with Crippen LogP contribution in [0.4, 0.5) is 8.78 Å². The maximum Gasteiger partial charge on any atom is 0.249 e. The quantitative estimate of drug-likeness (QED) is 0.577. The molecule has 1 spiro atoms. The molecular weight excluding hydrogens is 148 g/mol. The lowest BCUT2D eigenvalue weighted by atomic mass is 9.48. The van der Waals surface area contributed by atoms with Gasteiger partial charge in [0, 0.05) is 18.4 Å². The summed E-state index contributed by atoms with van der Waals surface area (Å²) in [4.78, 5) is 0. The number of rotatable bonds is 0. The van der Waals surface area contributed by atoms with Gasteiger partial charge in [-0.1, -0.05) is 0 Å². The Bertz CT molecular complexity index is 157. The topological polar surface area (TPSA) is 26.0 Å². The molecule has 0 amide bonds. The van der Waals surface area contributed by atoms with Crippen LogP contribution in [-0.4, -0.2) is 11.5 Å². The van der Waals surface area contributed by atoms with Crippen LogP contribution < -0.4 is 5.73 Å². The Balaban J connectivity index is 1.93. The van der Waals surface area contributed by atoms with Crippen molar-refractivity contribution in [1.82, 2.24) is 0 Å². The van der Waals surface area contributed by atoms with Crippen molar-refractivity contribution in [3.05, 3.63) is 0 Å². The smallest absolute Gasteiger partial charge is 0.249 e. The van der Waals surface area contributed by atoms with E-state index in [4.69, 9.17) is 5.73 Å². The van der Waals surface area contributed by atoms with Crippen LogP contribution in [0.5, 0.6) is 0 Å². The van der Waals surface area contributed by atoms with Crippen molar-refractivity contribution in [3.8, 4) is 0 Å². The third-order valence-corrected chi connectivity index (χ3v) is 2.82. The summed E-state index contributed by atoms with van der Waals surface area (Å²) in [7, 11) is 0. The van der Waals surface area contributed by atoms with Gasteiger partial charge in [-0.25, -0.2) is 8.78 Å². The van der Waals surface area contributed by atoms with E-state index in [1.54, 1.807) is 0 Å². The first-order chi connectivity index (χ1) is 4.83. The predicted molar refractivity (Wildman–Crippen MR) is 38.4 cm³/mol. The van der Waals surface area contributed by atoms with Crippen molar-refractivity contribution in [2.24, 2.45) is 11.1 Å². The molecule has 2 rings (SSSR count). The van der Waals surface area contributed by atoms with Crippen LogP contribution in [0.2, 0.25) is 0 Å². The van der Waals surface area contributed by atoms with Gasteiger partial charge in [0.2, 0.25) is 5.92 Å². The van der Waals surface area contributed by atoms with E-state index in [0.717, 1.165) is 12.8 Å². The molecule has 0 aromatic carbocycles. The van der Waals surface area contributed by atoms with Crippen LogP contribution in [0.1, 0.15) is 32.6 Å². The van der Waals surface area contributed by atoms with E-state index >= 15 is 0 Å². The van der Waals surface area contributed by atoms with Crippen molar-refractivity contribution in [2.45, 2.75) is 44.1 Å². The summed E-state index contributed by atoms with van der Waals surface area (Å²) in [6.07, 6.45) is 1.73. The Morgan fingerprint density at radius 2 is 1.55 bits per heavy atom. The van der Waals surface area contributed by atoms with E-state index in [-0.39, 0.29) is 23.8 Å². The van der Waals surface area contributed by atoms with E-state index in [0.29, 0.717) is 0 Å². The zero-order valence-electron chi connectivity index (χ0n) is 6.66. The van der Waals surface area contributed by atoms with Crippen LogP contribution in [0, 0.1) is 5.41 Å². The number of hydrogen-bond acceptors (Lipinski definition) is 1. The first-order valence-electron chi connectivity index (χ1n) is 4.00. The van der Waals surface area contributed by atoms with Crippen LogP contribution in [0.15, 0.2) is 0 Å². The molecule has 3 heteroatoms. The molecule has 0 saturated heterocycles. The molecule has 0 bridgehead atoms. The van der Waals surface area contributed by atoms with Crippen LogP contribution in [-0.2, 0) is 0 Å². The van der Waals surface area contributed by atoms with Gasteiger partial charge in [-0.05, 0) is 25.2 Å². The van der Waals surface area contributed by atoms with Gasteiger partial charge >= 0.3 is 0 Å². The Labute approximate surface area is 65.0 Å². The molecule has 0 radical (unpaired) electrons. The fourth-order valence-corrected chi connectivity index (χ4v) is 2.96. The highest BCUT2D eigenvalue weighted by Gasteiger charge is 2.64. The van der Waals surface area contributed by atoms with Gasteiger partial charge in [0.1, 0.15) is 0 Å². The van der Waals surface area contributed by atoms with E-state index in [9.17, 15) is 8.78 Å². The molecule has 2 fully saturated rings. The van der Waals surface area contributed by atoms with Gasteiger partial charge in [-0.3, -0.25) is 0 Å². The second-order valence-corrected chi connectivity index (χ2v) is 4.72. The average molecular weight is 161 g/mol. The minimum absolute atomic E-state index is 0.0625. The van der Waals surface area contributed by atoms with Gasteiger partial charge in [0.15, 0.2) is 0 Å². The normalized spacial score (nSPS) is 36.0. The SMILES string of the molecule is CC1(N)CC2(C1)CC(F)(F)C2. The molecule has 2 saturated carbocycles. The van der Waals surface area contributed by atoms with Crippen molar-refractivity contribution in [2.75, 3.05) is 0 Å². The van der Waals surface area contributed by atoms with Crippen LogP contribution in [0.3, 0.4) is 0 Å². The lowest BCUT2D eigenvalue weighted by Gasteiger charge is -2.60. The maximum absolute atomic E-state index is 12.5. The van der Waals surface area contributed by atoms with Gasteiger partial charge in [-0.2, -0.15) is 0 Å². The summed E-state index contributed by atoms with van der Waals surface area (Å²) in [5, 5.41) is 0. The summed E-state index contributed by atoms with van der Waals surface area (Å²) in [5.74, 6) is -2.38. The molecule has 0 unspecified atom stereocenters. The molecule has 0 heterocycles. The van der Waals surface area contributed by atoms with Gasteiger partial charge < -0.3 is 5.73 Å². The first-order valence-corrected chi connectivity index (χ1v) is 4.00. The maximum atomic E-state index is 12.5. The fraction of sp³-hybridized carbons (Fsp3) is 1.00. The molecule has 0 atom stereocenters. The minimum atomic E-state index is -2.38. The lowest BCUT2D eigenvalue weighted by Crippen LogP contribution is -2.63. The summed E-state index contributed by atoms with van der Waals surface area (Å²) in [6, 6.07) is 0. The Hall–Kier alpha value is -0.180. The van der Waals surface area contributed by atoms with Crippen molar-refractivity contribution in [3.63, 3.8) is 0 Å². The molecule has 0 aliphatic heterocycles. The number of nitrogens with two attached hydrogens (primary N) is 1. The highest BCUT2D eigenvalue weighted by Crippen LogP contribution is 2.64. The zero-order chi connectivity index (χ0) is 8.33. The molecule has 2 N–H and O–H groups in total. The van der Waals surface area contributed by atoms with E-state index in [2.05, 4.69) is 0 Å². The summed E-state index contributed by atoms with van der Waals surface area (Å²) >= 11 is 0. The van der Waals surface area contributed by atoms with E-state index in [1.165, 1.54) is 0 Å². The van der Waals surface area contributed by atoms with Gasteiger partial charge in [0.05, 0.1) is 0 Å². The summed E-state index contributed by atoms with van der Waals surface area (Å²) in [5.41, 5.74) is 5.53. The van der Waals surface area contributed by atoms with E-state index in [1.807, 2.05) is 6.92 Å². The molecule has 1 nitrogen and oxygen atoms in total. The average Bonchev–Trinajstić information content (AvgIpc) is 1.52. The minimum Gasteiger partial charge on any atom is -0.325 e.